The van der Waals surface area contributed by atoms with Gasteiger partial charge in [-0.3, -0.25) is 0 Å². The first-order valence-electron chi connectivity index (χ1n) is 7.68. The van der Waals surface area contributed by atoms with Crippen molar-refractivity contribution in [2.24, 2.45) is 23.7 Å². The quantitative estimate of drug-likeness (QED) is 0.789. The second kappa shape index (κ2) is 3.76. The molecule has 0 amide bonds. The van der Waals surface area contributed by atoms with Crippen molar-refractivity contribution in [2.45, 2.75) is 38.1 Å². The van der Waals surface area contributed by atoms with E-state index in [2.05, 4.69) is 17.6 Å². The van der Waals surface area contributed by atoms with Crippen LogP contribution in [0.2, 0.25) is 0 Å². The molecule has 2 bridgehead atoms. The maximum absolute atomic E-state index is 6.15. The molecular formula is C16H18ClN3. The molecule has 5 rings (SSSR count). The third-order valence-electron chi connectivity index (χ3n) is 5.86. The van der Waals surface area contributed by atoms with E-state index in [0.717, 1.165) is 46.4 Å². The average Bonchev–Trinajstić information content (AvgIpc) is 2.80. The van der Waals surface area contributed by atoms with E-state index >= 15 is 0 Å². The SMILES string of the molecule is Cc1ccc2nc(CCl)n(C3C4C5CCC(C5)C43)c2n1. The summed E-state index contributed by atoms with van der Waals surface area (Å²) in [6.45, 7) is 2.05. The van der Waals surface area contributed by atoms with Crippen molar-refractivity contribution < 1.29 is 0 Å². The van der Waals surface area contributed by atoms with Gasteiger partial charge in [0.1, 0.15) is 11.3 Å². The highest BCUT2D eigenvalue weighted by molar-refractivity contribution is 6.16. The van der Waals surface area contributed by atoms with Crippen LogP contribution in [0.5, 0.6) is 0 Å². The zero-order valence-electron chi connectivity index (χ0n) is 11.6. The molecule has 3 aliphatic carbocycles. The molecule has 4 atom stereocenters. The van der Waals surface area contributed by atoms with Crippen LogP contribution >= 0.6 is 11.6 Å². The number of pyridine rings is 1. The van der Waals surface area contributed by atoms with Crippen LogP contribution in [0.25, 0.3) is 11.2 Å². The largest absolute Gasteiger partial charge is 0.308 e. The average molecular weight is 288 g/mol. The van der Waals surface area contributed by atoms with Crippen molar-refractivity contribution >= 4 is 22.8 Å². The molecule has 0 aliphatic heterocycles. The normalized spacial score (nSPS) is 37.6. The first-order valence-corrected chi connectivity index (χ1v) is 8.22. The Morgan fingerprint density at radius 2 is 1.95 bits per heavy atom. The molecule has 2 aromatic heterocycles. The molecule has 0 N–H and O–H groups in total. The number of hydrogen-bond donors (Lipinski definition) is 0. The molecule has 3 saturated carbocycles. The van der Waals surface area contributed by atoms with Gasteiger partial charge in [0.05, 0.1) is 5.88 Å². The monoisotopic (exact) mass is 287 g/mol. The molecule has 3 fully saturated rings. The molecule has 0 aromatic carbocycles. The molecule has 104 valence electrons. The van der Waals surface area contributed by atoms with Gasteiger partial charge < -0.3 is 4.57 Å². The lowest BCUT2D eigenvalue weighted by molar-refractivity contribution is 0.453. The zero-order valence-corrected chi connectivity index (χ0v) is 12.3. The molecule has 3 nitrogen and oxygen atoms in total. The lowest BCUT2D eigenvalue weighted by atomic mass is 10.0. The minimum Gasteiger partial charge on any atom is -0.308 e. The molecule has 2 heterocycles. The second-order valence-electron chi connectivity index (χ2n) is 6.81. The van der Waals surface area contributed by atoms with Crippen molar-refractivity contribution in [1.82, 2.24) is 14.5 Å². The van der Waals surface area contributed by atoms with Crippen LogP contribution < -0.4 is 0 Å². The lowest BCUT2D eigenvalue weighted by Gasteiger charge is -2.12. The molecule has 0 spiro atoms. The van der Waals surface area contributed by atoms with Gasteiger partial charge in [0, 0.05) is 11.7 Å². The van der Waals surface area contributed by atoms with Crippen molar-refractivity contribution in [1.29, 1.82) is 0 Å². The number of alkyl halides is 1. The molecular weight excluding hydrogens is 270 g/mol. The third kappa shape index (κ3) is 1.32. The van der Waals surface area contributed by atoms with Gasteiger partial charge >= 0.3 is 0 Å². The standard InChI is InChI=1S/C16H18ClN3/c1-8-2-5-11-16(18-8)20(12(7-17)19-11)15-13-9-3-4-10(6-9)14(13)15/h2,5,9-10,13-15H,3-4,6-7H2,1H3. The summed E-state index contributed by atoms with van der Waals surface area (Å²) in [5, 5.41) is 0. The van der Waals surface area contributed by atoms with E-state index in [-0.39, 0.29) is 0 Å². The van der Waals surface area contributed by atoms with Crippen LogP contribution in [0.3, 0.4) is 0 Å². The molecule has 20 heavy (non-hydrogen) atoms. The van der Waals surface area contributed by atoms with Gasteiger partial charge in [0.25, 0.3) is 0 Å². The van der Waals surface area contributed by atoms with Gasteiger partial charge in [-0.2, -0.15) is 0 Å². The molecule has 3 aliphatic rings. The van der Waals surface area contributed by atoms with E-state index in [1.165, 1.54) is 19.3 Å². The van der Waals surface area contributed by atoms with Gasteiger partial charge in [-0.05, 0) is 62.0 Å². The summed E-state index contributed by atoms with van der Waals surface area (Å²) in [7, 11) is 0. The first kappa shape index (κ1) is 11.6. The van der Waals surface area contributed by atoms with E-state index in [9.17, 15) is 0 Å². The number of fused-ring (bicyclic) bond motifs is 6. The van der Waals surface area contributed by atoms with Crippen molar-refractivity contribution in [2.75, 3.05) is 0 Å². The fourth-order valence-corrected chi connectivity index (χ4v) is 5.34. The molecule has 0 saturated heterocycles. The predicted molar refractivity (Wildman–Crippen MR) is 78.7 cm³/mol. The van der Waals surface area contributed by atoms with Crippen LogP contribution in [0.4, 0.5) is 0 Å². The molecule has 4 heteroatoms. The minimum atomic E-state index is 0.487. The van der Waals surface area contributed by atoms with Crippen molar-refractivity contribution in [3.8, 4) is 0 Å². The van der Waals surface area contributed by atoms with Crippen molar-refractivity contribution in [3.63, 3.8) is 0 Å². The van der Waals surface area contributed by atoms with E-state index in [1.807, 2.05) is 6.07 Å². The number of aryl methyl sites for hydroxylation is 1. The number of nitrogens with zero attached hydrogens (tertiary/aromatic N) is 3. The topological polar surface area (TPSA) is 30.7 Å². The first-order chi connectivity index (χ1) is 9.78. The fraction of sp³-hybridized carbons (Fsp3) is 0.625. The van der Waals surface area contributed by atoms with Gasteiger partial charge in [0.2, 0.25) is 0 Å². The molecule has 0 radical (unpaired) electrons. The maximum Gasteiger partial charge on any atom is 0.160 e. The highest BCUT2D eigenvalue weighted by Crippen LogP contribution is 2.71. The van der Waals surface area contributed by atoms with Crippen LogP contribution in [0.15, 0.2) is 12.1 Å². The number of imidazole rings is 1. The van der Waals surface area contributed by atoms with E-state index in [4.69, 9.17) is 21.6 Å². The predicted octanol–water partition coefficient (Wildman–Crippen LogP) is 3.70. The molecule has 4 unspecified atom stereocenters. The van der Waals surface area contributed by atoms with E-state index in [1.54, 1.807) is 0 Å². The van der Waals surface area contributed by atoms with Gasteiger partial charge in [-0.25, -0.2) is 9.97 Å². The lowest BCUT2D eigenvalue weighted by Crippen LogP contribution is -2.08. The Bertz CT molecular complexity index is 691. The van der Waals surface area contributed by atoms with Crippen LogP contribution in [0, 0.1) is 30.6 Å². The van der Waals surface area contributed by atoms with Crippen molar-refractivity contribution in [3.05, 3.63) is 23.7 Å². The highest BCUT2D eigenvalue weighted by atomic mass is 35.5. The Kier molecular flexibility index (Phi) is 2.17. The van der Waals surface area contributed by atoms with Gasteiger partial charge in [-0.15, -0.1) is 11.6 Å². The summed E-state index contributed by atoms with van der Waals surface area (Å²) in [5.41, 5.74) is 3.12. The van der Waals surface area contributed by atoms with Crippen LogP contribution in [-0.4, -0.2) is 14.5 Å². The Labute approximate surface area is 123 Å². The van der Waals surface area contributed by atoms with Gasteiger partial charge in [0.15, 0.2) is 5.65 Å². The van der Waals surface area contributed by atoms with Gasteiger partial charge in [-0.1, -0.05) is 0 Å². The van der Waals surface area contributed by atoms with E-state index < -0.39 is 0 Å². The maximum atomic E-state index is 6.15. The summed E-state index contributed by atoms with van der Waals surface area (Å²) >= 11 is 6.15. The Balaban J connectivity index is 1.67. The zero-order chi connectivity index (χ0) is 13.4. The van der Waals surface area contributed by atoms with E-state index in [0.29, 0.717) is 11.9 Å². The summed E-state index contributed by atoms with van der Waals surface area (Å²) in [4.78, 5) is 9.44. The number of halogens is 1. The summed E-state index contributed by atoms with van der Waals surface area (Å²) < 4.78 is 2.38. The second-order valence-corrected chi connectivity index (χ2v) is 7.07. The fourth-order valence-electron chi connectivity index (χ4n) is 5.15. The van der Waals surface area contributed by atoms with Crippen LogP contribution in [0.1, 0.15) is 36.8 Å². The number of rotatable bonds is 2. The Morgan fingerprint density at radius 1 is 1.20 bits per heavy atom. The summed E-state index contributed by atoms with van der Waals surface area (Å²) in [5.74, 6) is 5.19. The highest BCUT2D eigenvalue weighted by Gasteiger charge is 2.66. The van der Waals surface area contributed by atoms with Crippen LogP contribution in [-0.2, 0) is 5.88 Å². The summed E-state index contributed by atoms with van der Waals surface area (Å²) in [6.07, 6.45) is 4.36. The number of hydrogen-bond acceptors (Lipinski definition) is 2. The minimum absolute atomic E-state index is 0.487. The third-order valence-corrected chi connectivity index (χ3v) is 6.10. The smallest absolute Gasteiger partial charge is 0.160 e. The number of aromatic nitrogens is 3. The Hall–Kier alpha value is -1.09. The Morgan fingerprint density at radius 3 is 2.65 bits per heavy atom. The molecule has 2 aromatic rings. The summed E-state index contributed by atoms with van der Waals surface area (Å²) in [6, 6.07) is 4.75.